The van der Waals surface area contributed by atoms with Gasteiger partial charge in [-0.2, -0.15) is 0 Å². The number of unbranched alkanes of at least 4 members (excludes halogenated alkanes) is 27. The zero-order valence-corrected chi connectivity index (χ0v) is 34.4. The molecule has 0 aromatic carbocycles. The number of ether oxygens (including phenoxy) is 2. The number of phosphoric acid groups is 1. The number of rotatable bonds is 41. The Labute approximate surface area is 318 Å². The molecule has 0 aromatic rings. The van der Waals surface area contributed by atoms with Gasteiger partial charge in [-0.3, -0.25) is 18.6 Å². The lowest BCUT2D eigenvalue weighted by Gasteiger charge is -2.20. The molecule has 10 nitrogen and oxygen atoms in total. The number of hydrogen-bond acceptors (Lipinski definition) is 9. The number of aliphatic hydroxyl groups is 2. The van der Waals surface area contributed by atoms with Gasteiger partial charge in [0, 0.05) is 12.8 Å². The highest BCUT2D eigenvalue weighted by Gasteiger charge is 2.27. The summed E-state index contributed by atoms with van der Waals surface area (Å²) in [5, 5.41) is 18.3. The zero-order valence-electron chi connectivity index (χ0n) is 33.6. The third-order valence-electron chi connectivity index (χ3n) is 9.51. The van der Waals surface area contributed by atoms with E-state index in [2.05, 4.69) is 18.4 Å². The average molecular weight is 765 g/mol. The van der Waals surface area contributed by atoms with E-state index in [4.69, 9.17) is 19.1 Å². The van der Waals surface area contributed by atoms with Crippen molar-refractivity contribution in [3.8, 4) is 0 Å². The summed E-state index contributed by atoms with van der Waals surface area (Å²) in [7, 11) is -4.60. The van der Waals surface area contributed by atoms with E-state index in [9.17, 15) is 24.2 Å². The lowest BCUT2D eigenvalue weighted by atomic mass is 10.0. The van der Waals surface area contributed by atoms with Crippen molar-refractivity contribution < 1.29 is 47.8 Å². The Morgan fingerprint density at radius 3 is 1.19 bits per heavy atom. The summed E-state index contributed by atoms with van der Waals surface area (Å²) < 4.78 is 32.6. The standard InChI is InChI=1S/C41H81O10P/c1-3-5-7-9-11-12-13-14-15-16-17-18-19-20-21-22-23-24-25-27-29-31-33-41(45)51-39(37-50-52(46,47)49-35-38(43)34-42)36-48-40(44)32-30-28-26-10-8-6-4-2/h38-39,42-43H,3-37H2,1-2H3,(H,46,47)/t38-,39+/m0/s1. The van der Waals surface area contributed by atoms with Gasteiger partial charge in [-0.1, -0.05) is 187 Å². The lowest BCUT2D eigenvalue weighted by molar-refractivity contribution is -0.161. The van der Waals surface area contributed by atoms with Gasteiger partial charge >= 0.3 is 19.8 Å². The van der Waals surface area contributed by atoms with Crippen LogP contribution >= 0.6 is 7.82 Å². The van der Waals surface area contributed by atoms with Crippen LogP contribution in [-0.4, -0.2) is 65.7 Å². The number of carbonyl (C=O) groups is 2. The molecule has 3 N–H and O–H groups in total. The normalized spacial score (nSPS) is 13.9. The first-order valence-electron chi connectivity index (χ1n) is 21.5. The number of aliphatic hydroxyl groups excluding tert-OH is 2. The molecule has 0 saturated heterocycles. The number of hydrogen-bond donors (Lipinski definition) is 3. The zero-order chi connectivity index (χ0) is 38.4. The fraction of sp³-hybridized carbons (Fsp3) is 0.951. The highest BCUT2D eigenvalue weighted by atomic mass is 31.2. The van der Waals surface area contributed by atoms with E-state index in [-0.39, 0.29) is 19.4 Å². The van der Waals surface area contributed by atoms with Gasteiger partial charge in [0.05, 0.1) is 19.8 Å². The van der Waals surface area contributed by atoms with Gasteiger partial charge in [-0.05, 0) is 12.8 Å². The molecular formula is C41H81O10P. The second-order valence-electron chi connectivity index (χ2n) is 14.7. The molecule has 310 valence electrons. The van der Waals surface area contributed by atoms with E-state index in [0.717, 1.165) is 38.5 Å². The van der Waals surface area contributed by atoms with Crippen LogP contribution < -0.4 is 0 Å². The molecular weight excluding hydrogens is 683 g/mol. The Kier molecular flexibility index (Phi) is 37.5. The summed E-state index contributed by atoms with van der Waals surface area (Å²) in [6.07, 6.45) is 33.9. The minimum atomic E-state index is -4.60. The Hall–Kier alpha value is -1.03. The first-order chi connectivity index (χ1) is 25.2. The summed E-state index contributed by atoms with van der Waals surface area (Å²) in [4.78, 5) is 34.7. The van der Waals surface area contributed by atoms with Crippen LogP contribution in [0.15, 0.2) is 0 Å². The van der Waals surface area contributed by atoms with Gasteiger partial charge < -0.3 is 24.6 Å². The predicted octanol–water partition coefficient (Wildman–Crippen LogP) is 11.1. The van der Waals surface area contributed by atoms with Crippen LogP contribution in [0.2, 0.25) is 0 Å². The molecule has 0 aromatic heterocycles. The first-order valence-corrected chi connectivity index (χ1v) is 23.0. The maximum absolute atomic E-state index is 12.6. The van der Waals surface area contributed by atoms with Gasteiger partial charge in [-0.15, -0.1) is 0 Å². The molecule has 52 heavy (non-hydrogen) atoms. The van der Waals surface area contributed by atoms with Gasteiger partial charge in [0.2, 0.25) is 0 Å². The van der Waals surface area contributed by atoms with Crippen molar-refractivity contribution in [1.82, 2.24) is 0 Å². The SMILES string of the molecule is CCCCCCCCCCCCCCCCCCCCCCCCC(=O)O[C@H](COC(=O)CCCCCCCCC)COP(=O)(O)OC[C@@H](O)CO. The topological polar surface area (TPSA) is 149 Å². The van der Waals surface area contributed by atoms with Gasteiger partial charge in [0.25, 0.3) is 0 Å². The van der Waals surface area contributed by atoms with Crippen molar-refractivity contribution in [2.45, 2.75) is 225 Å². The number of esters is 2. The van der Waals surface area contributed by atoms with Crippen LogP contribution in [0, 0.1) is 0 Å². The maximum Gasteiger partial charge on any atom is 0.472 e. The number of phosphoric ester groups is 1. The van der Waals surface area contributed by atoms with Gasteiger partial charge in [0.15, 0.2) is 6.10 Å². The largest absolute Gasteiger partial charge is 0.472 e. The monoisotopic (exact) mass is 765 g/mol. The Bertz CT molecular complexity index is 842. The Morgan fingerprint density at radius 2 is 0.827 bits per heavy atom. The highest BCUT2D eigenvalue weighted by molar-refractivity contribution is 7.47. The third-order valence-corrected chi connectivity index (χ3v) is 10.5. The molecule has 0 radical (unpaired) electrons. The molecule has 0 fully saturated rings. The van der Waals surface area contributed by atoms with E-state index < -0.39 is 51.8 Å². The highest BCUT2D eigenvalue weighted by Crippen LogP contribution is 2.43. The van der Waals surface area contributed by atoms with Crippen LogP contribution in [0.25, 0.3) is 0 Å². The van der Waals surface area contributed by atoms with Crippen molar-refractivity contribution in [3.63, 3.8) is 0 Å². The van der Waals surface area contributed by atoms with Crippen LogP contribution in [0.4, 0.5) is 0 Å². The molecule has 0 aliphatic carbocycles. The molecule has 0 saturated carbocycles. The fourth-order valence-corrected chi connectivity index (χ4v) is 6.96. The fourth-order valence-electron chi connectivity index (χ4n) is 6.17. The number of carbonyl (C=O) groups excluding carboxylic acids is 2. The quantitative estimate of drug-likeness (QED) is 0.0312. The van der Waals surface area contributed by atoms with E-state index in [1.807, 2.05) is 0 Å². The van der Waals surface area contributed by atoms with Crippen LogP contribution in [0.1, 0.15) is 213 Å². The third kappa shape index (κ3) is 37.3. The van der Waals surface area contributed by atoms with Crippen molar-refractivity contribution in [3.05, 3.63) is 0 Å². The minimum absolute atomic E-state index is 0.192. The van der Waals surface area contributed by atoms with E-state index >= 15 is 0 Å². The van der Waals surface area contributed by atoms with E-state index in [0.29, 0.717) is 12.8 Å². The van der Waals surface area contributed by atoms with Crippen molar-refractivity contribution in [2.75, 3.05) is 26.4 Å². The molecule has 0 rings (SSSR count). The van der Waals surface area contributed by atoms with Gasteiger partial charge in [0.1, 0.15) is 12.7 Å². The summed E-state index contributed by atoms with van der Waals surface area (Å²) in [5.41, 5.74) is 0. The smallest absolute Gasteiger partial charge is 0.462 e. The molecule has 0 aliphatic rings. The van der Waals surface area contributed by atoms with E-state index in [1.54, 1.807) is 0 Å². The second kappa shape index (κ2) is 38.3. The molecule has 0 heterocycles. The molecule has 1 unspecified atom stereocenters. The van der Waals surface area contributed by atoms with Crippen LogP contribution in [0.3, 0.4) is 0 Å². The molecule has 0 aliphatic heterocycles. The maximum atomic E-state index is 12.6. The Balaban J connectivity index is 4.07. The summed E-state index contributed by atoms with van der Waals surface area (Å²) >= 11 is 0. The molecule has 0 spiro atoms. The molecule has 0 bridgehead atoms. The molecule has 0 amide bonds. The van der Waals surface area contributed by atoms with Crippen LogP contribution in [-0.2, 0) is 32.7 Å². The summed E-state index contributed by atoms with van der Waals surface area (Å²) in [5.74, 6) is -0.919. The van der Waals surface area contributed by atoms with Crippen LogP contribution in [0.5, 0.6) is 0 Å². The van der Waals surface area contributed by atoms with Crippen molar-refractivity contribution in [2.24, 2.45) is 0 Å². The average Bonchev–Trinajstić information content (AvgIpc) is 3.13. The predicted molar refractivity (Wildman–Crippen MR) is 210 cm³/mol. The summed E-state index contributed by atoms with van der Waals surface area (Å²) in [6.45, 7) is 2.36. The van der Waals surface area contributed by atoms with E-state index in [1.165, 1.54) is 135 Å². The molecule has 11 heteroatoms. The summed E-state index contributed by atoms with van der Waals surface area (Å²) in [6, 6.07) is 0. The Morgan fingerprint density at radius 1 is 0.500 bits per heavy atom. The minimum Gasteiger partial charge on any atom is -0.462 e. The first kappa shape index (κ1) is 51.0. The van der Waals surface area contributed by atoms with Crippen molar-refractivity contribution >= 4 is 19.8 Å². The van der Waals surface area contributed by atoms with Gasteiger partial charge in [-0.25, -0.2) is 4.57 Å². The lowest BCUT2D eigenvalue weighted by Crippen LogP contribution is -2.29. The van der Waals surface area contributed by atoms with Crippen molar-refractivity contribution in [1.29, 1.82) is 0 Å². The molecule has 3 atom stereocenters. The second-order valence-corrected chi connectivity index (χ2v) is 16.2.